The Labute approximate surface area is 169 Å². The van der Waals surface area contributed by atoms with Crippen LogP contribution in [-0.4, -0.2) is 72.1 Å². The first kappa shape index (κ1) is 21.0. The van der Waals surface area contributed by atoms with Crippen molar-refractivity contribution in [2.75, 3.05) is 51.3 Å². The summed E-state index contributed by atoms with van der Waals surface area (Å²) in [5.74, 6) is 1.49. The average molecular weight is 407 g/mol. The Balaban J connectivity index is 1.67. The van der Waals surface area contributed by atoms with Gasteiger partial charge >= 0.3 is 0 Å². The quantitative estimate of drug-likeness (QED) is 0.442. The number of halogens is 2. The molecule has 1 aromatic carbocycles. The molecule has 0 unspecified atom stereocenters. The van der Waals surface area contributed by atoms with Crippen LogP contribution in [0.15, 0.2) is 23.2 Å². The van der Waals surface area contributed by atoms with Gasteiger partial charge in [0.05, 0.1) is 12.3 Å². The van der Waals surface area contributed by atoms with Crippen LogP contribution in [0, 0.1) is 18.6 Å². The Morgan fingerprint density at radius 3 is 2.62 bits per heavy atom. The fourth-order valence-electron chi connectivity index (χ4n) is 3.15. The van der Waals surface area contributed by atoms with Crippen LogP contribution in [0.4, 0.5) is 14.5 Å². The Morgan fingerprint density at radius 2 is 1.97 bits per heavy atom. The van der Waals surface area contributed by atoms with Crippen molar-refractivity contribution in [1.82, 2.24) is 25.0 Å². The smallest absolute Gasteiger partial charge is 0.194 e. The van der Waals surface area contributed by atoms with Gasteiger partial charge in [-0.05, 0) is 19.1 Å². The maximum absolute atomic E-state index is 14.1. The zero-order valence-electron chi connectivity index (χ0n) is 17.0. The number of nitrogens with one attached hydrogen (secondary N) is 1. The van der Waals surface area contributed by atoms with Gasteiger partial charge in [0.1, 0.15) is 24.0 Å². The molecule has 0 spiro atoms. The fourth-order valence-corrected chi connectivity index (χ4v) is 3.15. The zero-order valence-corrected chi connectivity index (χ0v) is 17.0. The van der Waals surface area contributed by atoms with Crippen molar-refractivity contribution >= 4 is 11.6 Å². The predicted octanol–water partition coefficient (Wildman–Crippen LogP) is 1.32. The number of hydrogen-bond acceptors (Lipinski definition) is 5. The minimum Gasteiger partial charge on any atom is -0.383 e. The number of ether oxygens (including phenoxy) is 1. The first-order chi connectivity index (χ1) is 14.0. The summed E-state index contributed by atoms with van der Waals surface area (Å²) >= 11 is 0. The summed E-state index contributed by atoms with van der Waals surface area (Å²) in [4.78, 5) is 8.65. The van der Waals surface area contributed by atoms with Crippen molar-refractivity contribution in [2.45, 2.75) is 13.5 Å². The van der Waals surface area contributed by atoms with Crippen molar-refractivity contribution in [3.05, 3.63) is 41.5 Å². The molecule has 158 valence electrons. The van der Waals surface area contributed by atoms with Gasteiger partial charge in [-0.15, -0.1) is 10.2 Å². The number of benzene rings is 1. The second kappa shape index (κ2) is 9.64. The SMILES string of the molecule is COCCNC(=NCc1nnc(C)n1C)N1CCN(c2cc(F)ccc2F)CC1. The highest BCUT2D eigenvalue weighted by Crippen LogP contribution is 2.22. The van der Waals surface area contributed by atoms with Crippen LogP contribution in [0.3, 0.4) is 0 Å². The first-order valence-electron chi connectivity index (χ1n) is 9.56. The zero-order chi connectivity index (χ0) is 20.8. The molecule has 1 fully saturated rings. The lowest BCUT2D eigenvalue weighted by atomic mass is 10.2. The normalized spacial score (nSPS) is 15.1. The molecule has 2 heterocycles. The van der Waals surface area contributed by atoms with E-state index in [1.165, 1.54) is 12.1 Å². The van der Waals surface area contributed by atoms with Crippen LogP contribution in [0.5, 0.6) is 0 Å². The van der Waals surface area contributed by atoms with Crippen LogP contribution < -0.4 is 10.2 Å². The summed E-state index contributed by atoms with van der Waals surface area (Å²) in [5.41, 5.74) is 0.296. The van der Waals surface area contributed by atoms with Crippen molar-refractivity contribution in [2.24, 2.45) is 12.0 Å². The Kier molecular flexibility index (Phi) is 6.97. The molecule has 10 heteroatoms. The Morgan fingerprint density at radius 1 is 1.21 bits per heavy atom. The molecule has 0 atom stereocenters. The summed E-state index contributed by atoms with van der Waals surface area (Å²) in [5, 5.41) is 11.5. The number of hydrogen-bond donors (Lipinski definition) is 1. The molecule has 1 aliphatic heterocycles. The Bertz CT molecular complexity index is 847. The van der Waals surface area contributed by atoms with E-state index in [-0.39, 0.29) is 0 Å². The molecular weight excluding hydrogens is 380 g/mol. The predicted molar refractivity (Wildman–Crippen MR) is 107 cm³/mol. The molecule has 2 aromatic rings. The molecule has 1 N–H and O–H groups in total. The number of aliphatic imine (C=N–C) groups is 1. The first-order valence-corrected chi connectivity index (χ1v) is 9.56. The van der Waals surface area contributed by atoms with E-state index in [2.05, 4.69) is 20.4 Å². The molecule has 8 nitrogen and oxygen atoms in total. The summed E-state index contributed by atoms with van der Waals surface area (Å²) < 4.78 is 34.6. The number of piperazine rings is 1. The number of aryl methyl sites for hydroxylation is 1. The van der Waals surface area contributed by atoms with Crippen LogP contribution in [0.1, 0.15) is 11.6 Å². The van der Waals surface area contributed by atoms with Crippen LogP contribution in [-0.2, 0) is 18.3 Å². The highest BCUT2D eigenvalue weighted by molar-refractivity contribution is 5.80. The van der Waals surface area contributed by atoms with Gasteiger partial charge in [0, 0.05) is 52.9 Å². The number of anilines is 1. The van der Waals surface area contributed by atoms with Crippen LogP contribution >= 0.6 is 0 Å². The van der Waals surface area contributed by atoms with E-state index >= 15 is 0 Å². The lowest BCUT2D eigenvalue weighted by Crippen LogP contribution is -2.53. The summed E-state index contributed by atoms with van der Waals surface area (Å²) in [7, 11) is 3.55. The molecule has 3 rings (SSSR count). The number of methoxy groups -OCH3 is 1. The van der Waals surface area contributed by atoms with E-state index in [9.17, 15) is 8.78 Å². The molecular formula is C19H27F2N7O. The third-order valence-electron chi connectivity index (χ3n) is 4.97. The van der Waals surface area contributed by atoms with Gasteiger partial charge < -0.3 is 24.4 Å². The molecule has 1 aliphatic rings. The number of aromatic nitrogens is 3. The molecule has 1 saturated heterocycles. The monoisotopic (exact) mass is 407 g/mol. The van der Waals surface area contributed by atoms with Gasteiger partial charge in [0.15, 0.2) is 11.8 Å². The number of guanidine groups is 1. The highest BCUT2D eigenvalue weighted by Gasteiger charge is 2.22. The number of rotatable bonds is 6. The summed E-state index contributed by atoms with van der Waals surface area (Å²) in [6.45, 7) is 5.85. The van der Waals surface area contributed by atoms with Gasteiger partial charge in [-0.3, -0.25) is 0 Å². The second-order valence-corrected chi connectivity index (χ2v) is 6.85. The van der Waals surface area contributed by atoms with Gasteiger partial charge in [-0.25, -0.2) is 13.8 Å². The molecule has 1 aromatic heterocycles. The average Bonchev–Trinajstić information content (AvgIpc) is 3.05. The van der Waals surface area contributed by atoms with Crippen molar-refractivity contribution in [1.29, 1.82) is 0 Å². The molecule has 0 radical (unpaired) electrons. The van der Waals surface area contributed by atoms with E-state index in [1.807, 2.05) is 23.4 Å². The maximum atomic E-state index is 14.1. The third kappa shape index (κ3) is 5.20. The lowest BCUT2D eigenvalue weighted by Gasteiger charge is -2.37. The Hall–Kier alpha value is -2.75. The lowest BCUT2D eigenvalue weighted by molar-refractivity contribution is 0.202. The van der Waals surface area contributed by atoms with Crippen molar-refractivity contribution in [3.63, 3.8) is 0 Å². The summed E-state index contributed by atoms with van der Waals surface area (Å²) in [6.07, 6.45) is 0. The van der Waals surface area contributed by atoms with Gasteiger partial charge in [0.25, 0.3) is 0 Å². The van der Waals surface area contributed by atoms with Crippen molar-refractivity contribution < 1.29 is 13.5 Å². The highest BCUT2D eigenvalue weighted by atomic mass is 19.1. The molecule has 29 heavy (non-hydrogen) atoms. The van der Waals surface area contributed by atoms with Crippen LogP contribution in [0.25, 0.3) is 0 Å². The van der Waals surface area contributed by atoms with Gasteiger partial charge in [0.2, 0.25) is 0 Å². The molecule has 0 bridgehead atoms. The molecule has 0 aliphatic carbocycles. The van der Waals surface area contributed by atoms with Gasteiger partial charge in [-0.1, -0.05) is 0 Å². The minimum absolute atomic E-state index is 0.296. The van der Waals surface area contributed by atoms with E-state index in [4.69, 9.17) is 9.73 Å². The van der Waals surface area contributed by atoms with E-state index in [1.54, 1.807) is 7.11 Å². The van der Waals surface area contributed by atoms with Crippen molar-refractivity contribution in [3.8, 4) is 0 Å². The second-order valence-electron chi connectivity index (χ2n) is 6.85. The standard InChI is InChI=1S/C19H27F2N7O/c1-14-24-25-18(26(14)2)13-23-19(22-6-11-29-3)28-9-7-27(8-10-28)17-12-15(20)4-5-16(17)21/h4-5,12H,6-11,13H2,1-3H3,(H,22,23). The minimum atomic E-state index is -0.439. The summed E-state index contributed by atoms with van der Waals surface area (Å²) in [6, 6.07) is 3.54. The van der Waals surface area contributed by atoms with E-state index in [0.717, 1.165) is 23.7 Å². The molecule has 0 amide bonds. The van der Waals surface area contributed by atoms with E-state index in [0.29, 0.717) is 51.6 Å². The van der Waals surface area contributed by atoms with Crippen LogP contribution in [0.2, 0.25) is 0 Å². The van der Waals surface area contributed by atoms with E-state index < -0.39 is 11.6 Å². The van der Waals surface area contributed by atoms with Gasteiger partial charge in [-0.2, -0.15) is 0 Å². The molecule has 0 saturated carbocycles. The fraction of sp³-hybridized carbons (Fsp3) is 0.526. The topological polar surface area (TPSA) is 70.8 Å². The maximum Gasteiger partial charge on any atom is 0.194 e. The number of nitrogens with zero attached hydrogens (tertiary/aromatic N) is 6. The third-order valence-corrected chi connectivity index (χ3v) is 4.97. The largest absolute Gasteiger partial charge is 0.383 e.